The van der Waals surface area contributed by atoms with Gasteiger partial charge in [-0.2, -0.15) is 0 Å². The van der Waals surface area contributed by atoms with Gasteiger partial charge in [0.15, 0.2) is 11.5 Å². The number of benzene rings is 2. The average molecular weight is 312 g/mol. The van der Waals surface area contributed by atoms with E-state index >= 15 is 0 Å². The molecule has 1 aliphatic rings. The monoisotopic (exact) mass is 312 g/mol. The molecule has 0 fully saturated rings. The van der Waals surface area contributed by atoms with E-state index in [0.717, 1.165) is 5.56 Å². The van der Waals surface area contributed by atoms with Crippen molar-refractivity contribution in [2.24, 2.45) is 0 Å². The van der Waals surface area contributed by atoms with Crippen LogP contribution in [0.25, 0.3) is 0 Å². The number of amides is 2. The predicted octanol–water partition coefficient (Wildman–Crippen LogP) is 2.55. The number of hydrogen-bond acceptors (Lipinski definition) is 4. The van der Waals surface area contributed by atoms with E-state index in [1.165, 1.54) is 6.92 Å². The first-order chi connectivity index (χ1) is 11.1. The summed E-state index contributed by atoms with van der Waals surface area (Å²) in [6, 6.07) is 12.4. The Morgan fingerprint density at radius 1 is 1.00 bits per heavy atom. The van der Waals surface area contributed by atoms with Crippen LogP contribution in [0.4, 0.5) is 11.4 Å². The van der Waals surface area contributed by atoms with Gasteiger partial charge < -0.3 is 20.1 Å². The van der Waals surface area contributed by atoms with Crippen molar-refractivity contribution in [3.8, 4) is 11.5 Å². The van der Waals surface area contributed by atoms with Crippen LogP contribution in [0.3, 0.4) is 0 Å². The van der Waals surface area contributed by atoms with Crippen molar-refractivity contribution in [1.82, 2.24) is 0 Å². The van der Waals surface area contributed by atoms with Gasteiger partial charge in [-0.05, 0) is 30.3 Å². The SMILES string of the molecule is CC(=O)Nc1ccc(NC(=O)Cc2cccc3c2OCO3)cc1. The second-order valence-electron chi connectivity index (χ2n) is 5.13. The minimum Gasteiger partial charge on any atom is -0.454 e. The van der Waals surface area contributed by atoms with Crippen molar-refractivity contribution in [3.05, 3.63) is 48.0 Å². The zero-order chi connectivity index (χ0) is 16.2. The van der Waals surface area contributed by atoms with E-state index in [-0.39, 0.29) is 25.0 Å². The molecule has 23 heavy (non-hydrogen) atoms. The van der Waals surface area contributed by atoms with Gasteiger partial charge in [0.2, 0.25) is 18.6 Å². The normalized spacial score (nSPS) is 11.9. The molecular weight excluding hydrogens is 296 g/mol. The van der Waals surface area contributed by atoms with Crippen LogP contribution in [0.15, 0.2) is 42.5 Å². The Balaban J connectivity index is 1.64. The summed E-state index contributed by atoms with van der Waals surface area (Å²) in [7, 11) is 0. The highest BCUT2D eigenvalue weighted by Crippen LogP contribution is 2.35. The van der Waals surface area contributed by atoms with Gasteiger partial charge in [0.05, 0.1) is 6.42 Å². The van der Waals surface area contributed by atoms with E-state index in [2.05, 4.69) is 10.6 Å². The predicted molar refractivity (Wildman–Crippen MR) is 85.6 cm³/mol. The lowest BCUT2D eigenvalue weighted by atomic mass is 10.1. The number of hydrogen-bond donors (Lipinski definition) is 2. The molecule has 2 amide bonds. The van der Waals surface area contributed by atoms with Crippen molar-refractivity contribution in [3.63, 3.8) is 0 Å². The summed E-state index contributed by atoms with van der Waals surface area (Å²) < 4.78 is 10.7. The molecule has 2 aromatic rings. The maximum absolute atomic E-state index is 12.2. The van der Waals surface area contributed by atoms with Crippen LogP contribution in [-0.4, -0.2) is 18.6 Å². The summed E-state index contributed by atoms with van der Waals surface area (Å²) in [6.45, 7) is 1.62. The highest BCUT2D eigenvalue weighted by atomic mass is 16.7. The minimum absolute atomic E-state index is 0.137. The van der Waals surface area contributed by atoms with Gasteiger partial charge in [-0.3, -0.25) is 9.59 Å². The second kappa shape index (κ2) is 6.39. The summed E-state index contributed by atoms with van der Waals surface area (Å²) in [5.74, 6) is 1.00. The summed E-state index contributed by atoms with van der Waals surface area (Å²) in [5.41, 5.74) is 2.13. The zero-order valence-corrected chi connectivity index (χ0v) is 12.6. The maximum Gasteiger partial charge on any atom is 0.231 e. The number of carbonyl (C=O) groups is 2. The lowest BCUT2D eigenvalue weighted by Crippen LogP contribution is -2.14. The van der Waals surface area contributed by atoms with Crippen LogP contribution >= 0.6 is 0 Å². The summed E-state index contributed by atoms with van der Waals surface area (Å²) >= 11 is 0. The van der Waals surface area contributed by atoms with Gasteiger partial charge in [-0.25, -0.2) is 0 Å². The Hall–Kier alpha value is -3.02. The van der Waals surface area contributed by atoms with E-state index in [0.29, 0.717) is 22.9 Å². The fraction of sp³-hybridized carbons (Fsp3) is 0.176. The van der Waals surface area contributed by atoms with Crippen molar-refractivity contribution in [1.29, 1.82) is 0 Å². The van der Waals surface area contributed by atoms with E-state index in [4.69, 9.17) is 9.47 Å². The Kier molecular flexibility index (Phi) is 4.14. The summed E-state index contributed by atoms with van der Waals surface area (Å²) in [4.78, 5) is 23.1. The standard InChI is InChI=1S/C17H16N2O4/c1-11(20)18-13-5-7-14(8-6-13)19-16(21)9-12-3-2-4-15-17(12)23-10-22-15/h2-8H,9-10H2,1H3,(H,18,20)(H,19,21). The van der Waals surface area contributed by atoms with Crippen LogP contribution in [0.2, 0.25) is 0 Å². The van der Waals surface area contributed by atoms with Gasteiger partial charge in [0.1, 0.15) is 0 Å². The van der Waals surface area contributed by atoms with Gasteiger partial charge in [0.25, 0.3) is 0 Å². The fourth-order valence-electron chi connectivity index (χ4n) is 2.35. The van der Waals surface area contributed by atoms with Crippen molar-refractivity contribution < 1.29 is 19.1 Å². The first-order valence-electron chi connectivity index (χ1n) is 7.17. The molecular formula is C17H16N2O4. The summed E-state index contributed by atoms with van der Waals surface area (Å²) in [6.07, 6.45) is 0.194. The molecule has 0 aromatic heterocycles. The molecule has 1 heterocycles. The molecule has 0 bridgehead atoms. The second-order valence-corrected chi connectivity index (χ2v) is 5.13. The zero-order valence-electron chi connectivity index (χ0n) is 12.6. The fourth-order valence-corrected chi connectivity index (χ4v) is 2.35. The summed E-state index contributed by atoms with van der Waals surface area (Å²) in [5, 5.41) is 5.49. The molecule has 6 nitrogen and oxygen atoms in total. The van der Waals surface area contributed by atoms with E-state index in [1.54, 1.807) is 24.3 Å². The molecule has 0 saturated heterocycles. The maximum atomic E-state index is 12.2. The first-order valence-corrected chi connectivity index (χ1v) is 7.17. The van der Waals surface area contributed by atoms with Crippen LogP contribution in [0.5, 0.6) is 11.5 Å². The highest BCUT2D eigenvalue weighted by Gasteiger charge is 2.18. The molecule has 6 heteroatoms. The molecule has 0 atom stereocenters. The van der Waals surface area contributed by atoms with Crippen LogP contribution in [0.1, 0.15) is 12.5 Å². The lowest BCUT2D eigenvalue weighted by Gasteiger charge is -2.08. The van der Waals surface area contributed by atoms with Crippen LogP contribution in [-0.2, 0) is 16.0 Å². The Morgan fingerprint density at radius 2 is 1.70 bits per heavy atom. The number of ether oxygens (including phenoxy) is 2. The Labute approximate surface area is 133 Å². The molecule has 1 aliphatic heterocycles. The van der Waals surface area contributed by atoms with Crippen molar-refractivity contribution >= 4 is 23.2 Å². The number of para-hydroxylation sites is 1. The van der Waals surface area contributed by atoms with E-state index in [1.807, 2.05) is 18.2 Å². The van der Waals surface area contributed by atoms with Gasteiger partial charge >= 0.3 is 0 Å². The lowest BCUT2D eigenvalue weighted by molar-refractivity contribution is -0.116. The number of anilines is 2. The molecule has 0 radical (unpaired) electrons. The first kappa shape index (κ1) is 14.9. The topological polar surface area (TPSA) is 76.7 Å². The third-order valence-electron chi connectivity index (χ3n) is 3.32. The Morgan fingerprint density at radius 3 is 2.39 bits per heavy atom. The van der Waals surface area contributed by atoms with Gasteiger partial charge in [0, 0.05) is 23.9 Å². The molecule has 0 spiro atoms. The van der Waals surface area contributed by atoms with E-state index in [9.17, 15) is 9.59 Å². The number of rotatable bonds is 4. The van der Waals surface area contributed by atoms with Gasteiger partial charge in [-0.15, -0.1) is 0 Å². The molecule has 3 rings (SSSR count). The number of fused-ring (bicyclic) bond motifs is 1. The number of carbonyl (C=O) groups excluding carboxylic acids is 2. The van der Waals surface area contributed by atoms with E-state index < -0.39 is 0 Å². The third-order valence-corrected chi connectivity index (χ3v) is 3.32. The third kappa shape index (κ3) is 3.60. The van der Waals surface area contributed by atoms with Crippen molar-refractivity contribution in [2.75, 3.05) is 17.4 Å². The average Bonchev–Trinajstić information content (AvgIpc) is 2.98. The quantitative estimate of drug-likeness (QED) is 0.909. The molecule has 118 valence electrons. The molecule has 0 saturated carbocycles. The van der Waals surface area contributed by atoms with Crippen LogP contribution < -0.4 is 20.1 Å². The van der Waals surface area contributed by atoms with Crippen molar-refractivity contribution in [2.45, 2.75) is 13.3 Å². The Bertz CT molecular complexity index is 741. The smallest absolute Gasteiger partial charge is 0.231 e. The molecule has 0 aliphatic carbocycles. The highest BCUT2D eigenvalue weighted by molar-refractivity contribution is 5.93. The number of nitrogens with one attached hydrogen (secondary N) is 2. The molecule has 2 aromatic carbocycles. The largest absolute Gasteiger partial charge is 0.454 e. The minimum atomic E-state index is -0.152. The molecule has 0 unspecified atom stereocenters. The van der Waals surface area contributed by atoms with Gasteiger partial charge in [-0.1, -0.05) is 12.1 Å². The van der Waals surface area contributed by atoms with Crippen LogP contribution in [0, 0.1) is 0 Å². The molecule has 2 N–H and O–H groups in total.